The monoisotopic (exact) mass is 280 g/mol. The lowest BCUT2D eigenvalue weighted by atomic mass is 10.1. The molecule has 0 aliphatic rings. The highest BCUT2D eigenvalue weighted by Gasteiger charge is 2.15. The van der Waals surface area contributed by atoms with Gasteiger partial charge in [-0.2, -0.15) is 0 Å². The Bertz CT molecular complexity index is 535. The van der Waals surface area contributed by atoms with Crippen LogP contribution < -0.4 is 16.0 Å². The highest BCUT2D eigenvalue weighted by molar-refractivity contribution is 6.02. The van der Waals surface area contributed by atoms with Crippen molar-refractivity contribution in [3.8, 4) is 0 Å². The third-order valence-electron chi connectivity index (χ3n) is 2.58. The van der Waals surface area contributed by atoms with Gasteiger partial charge in [0.05, 0.1) is 0 Å². The van der Waals surface area contributed by atoms with E-state index >= 15 is 0 Å². The van der Waals surface area contributed by atoms with Gasteiger partial charge in [0.15, 0.2) is 0 Å². The summed E-state index contributed by atoms with van der Waals surface area (Å²) in [7, 11) is 0. The number of urea groups is 1. The molecule has 5 nitrogen and oxygen atoms in total. The van der Waals surface area contributed by atoms with Crippen LogP contribution in [0, 0.1) is 25.1 Å². The van der Waals surface area contributed by atoms with E-state index in [1.165, 1.54) is 6.07 Å². The van der Waals surface area contributed by atoms with Crippen LogP contribution in [0.15, 0.2) is 12.1 Å². The molecule has 0 aliphatic heterocycles. The standard InChI is InChI=1S/C14H21FN4O/c1-8-6-7-10(15)9(2)11(8)17-12(16)18-13(20)19-14(3,4)5/h6-7H,1-5H3,(H4,16,17,18,19,20). The number of guanidine groups is 1. The second kappa shape index (κ2) is 5.90. The molecule has 20 heavy (non-hydrogen) atoms. The maximum absolute atomic E-state index is 13.5. The second-order valence-electron chi connectivity index (χ2n) is 5.69. The van der Waals surface area contributed by atoms with Crippen molar-refractivity contribution in [2.45, 2.75) is 40.2 Å². The number of benzene rings is 1. The van der Waals surface area contributed by atoms with Crippen LogP contribution in [0.25, 0.3) is 0 Å². The van der Waals surface area contributed by atoms with E-state index in [-0.39, 0.29) is 11.8 Å². The van der Waals surface area contributed by atoms with Gasteiger partial charge in [-0.25, -0.2) is 9.18 Å². The molecule has 4 N–H and O–H groups in total. The summed E-state index contributed by atoms with van der Waals surface area (Å²) in [6.07, 6.45) is 0. The summed E-state index contributed by atoms with van der Waals surface area (Å²) in [6.45, 7) is 8.93. The molecule has 6 heteroatoms. The van der Waals surface area contributed by atoms with Crippen LogP contribution in [0.4, 0.5) is 14.9 Å². The fraction of sp³-hybridized carbons (Fsp3) is 0.429. The molecule has 0 unspecified atom stereocenters. The van der Waals surface area contributed by atoms with Crippen LogP contribution in [0.5, 0.6) is 0 Å². The normalized spacial score (nSPS) is 10.9. The average Bonchev–Trinajstić information content (AvgIpc) is 2.27. The molecule has 0 bridgehead atoms. The number of carbonyl (C=O) groups excluding carboxylic acids is 1. The highest BCUT2D eigenvalue weighted by Crippen LogP contribution is 2.22. The first kappa shape index (κ1) is 15.9. The minimum Gasteiger partial charge on any atom is -0.333 e. The lowest BCUT2D eigenvalue weighted by Crippen LogP contribution is -2.49. The summed E-state index contributed by atoms with van der Waals surface area (Å²) in [4.78, 5) is 11.6. The first-order chi connectivity index (χ1) is 9.10. The fourth-order valence-corrected chi connectivity index (χ4v) is 1.66. The number of hydrogen-bond donors (Lipinski definition) is 4. The van der Waals surface area contributed by atoms with Gasteiger partial charge in [0.1, 0.15) is 5.82 Å². The van der Waals surface area contributed by atoms with E-state index in [4.69, 9.17) is 5.41 Å². The number of nitrogens with one attached hydrogen (secondary N) is 4. The molecule has 0 aliphatic carbocycles. The molecule has 1 rings (SSSR count). The maximum atomic E-state index is 13.5. The first-order valence-electron chi connectivity index (χ1n) is 6.30. The third-order valence-corrected chi connectivity index (χ3v) is 2.58. The van der Waals surface area contributed by atoms with E-state index in [1.807, 2.05) is 20.8 Å². The number of hydrogen-bond acceptors (Lipinski definition) is 2. The Hall–Kier alpha value is -2.11. The lowest BCUT2D eigenvalue weighted by Gasteiger charge is -2.21. The molecule has 110 valence electrons. The summed E-state index contributed by atoms with van der Waals surface area (Å²) in [5.74, 6) is -0.561. The number of rotatable bonds is 1. The van der Waals surface area contributed by atoms with E-state index in [0.29, 0.717) is 11.3 Å². The lowest BCUT2D eigenvalue weighted by molar-refractivity contribution is 0.236. The average molecular weight is 280 g/mol. The number of carbonyl (C=O) groups is 1. The van der Waals surface area contributed by atoms with Gasteiger partial charge in [0.2, 0.25) is 5.96 Å². The van der Waals surface area contributed by atoms with E-state index in [9.17, 15) is 9.18 Å². The van der Waals surface area contributed by atoms with Crippen LogP contribution in [0.2, 0.25) is 0 Å². The highest BCUT2D eigenvalue weighted by atomic mass is 19.1. The number of amides is 2. The van der Waals surface area contributed by atoms with Gasteiger partial charge in [-0.15, -0.1) is 0 Å². The topological polar surface area (TPSA) is 77.0 Å². The van der Waals surface area contributed by atoms with Crippen molar-refractivity contribution < 1.29 is 9.18 Å². The van der Waals surface area contributed by atoms with Crippen LogP contribution >= 0.6 is 0 Å². The predicted molar refractivity (Wildman–Crippen MR) is 78.6 cm³/mol. The number of aryl methyl sites for hydroxylation is 1. The van der Waals surface area contributed by atoms with Crippen LogP contribution in [0.3, 0.4) is 0 Å². The summed E-state index contributed by atoms with van der Waals surface area (Å²) in [5, 5.41) is 15.5. The van der Waals surface area contributed by atoms with Crippen molar-refractivity contribution in [3.05, 3.63) is 29.1 Å². The fourth-order valence-electron chi connectivity index (χ4n) is 1.66. The minimum absolute atomic E-state index is 0.205. The predicted octanol–water partition coefficient (Wildman–Crippen LogP) is 2.89. The second-order valence-corrected chi connectivity index (χ2v) is 5.69. The van der Waals surface area contributed by atoms with Crippen LogP contribution in [0.1, 0.15) is 31.9 Å². The molecular formula is C14H21FN4O. The molecule has 1 aromatic rings. The molecule has 0 radical (unpaired) electrons. The van der Waals surface area contributed by atoms with Gasteiger partial charge in [0.25, 0.3) is 0 Å². The Kier molecular flexibility index (Phi) is 4.70. The van der Waals surface area contributed by atoms with Crippen LogP contribution in [-0.2, 0) is 0 Å². The molecule has 0 heterocycles. The Morgan fingerprint density at radius 3 is 2.40 bits per heavy atom. The van der Waals surface area contributed by atoms with Gasteiger partial charge in [-0.3, -0.25) is 10.7 Å². The zero-order valence-corrected chi connectivity index (χ0v) is 12.4. The van der Waals surface area contributed by atoms with Crippen molar-refractivity contribution in [1.29, 1.82) is 5.41 Å². The van der Waals surface area contributed by atoms with E-state index < -0.39 is 11.6 Å². The van der Waals surface area contributed by atoms with Crippen LogP contribution in [-0.4, -0.2) is 17.5 Å². The Morgan fingerprint density at radius 2 is 1.85 bits per heavy atom. The Morgan fingerprint density at radius 1 is 1.25 bits per heavy atom. The largest absolute Gasteiger partial charge is 0.333 e. The van der Waals surface area contributed by atoms with E-state index in [0.717, 1.165) is 5.56 Å². The summed E-state index contributed by atoms with van der Waals surface area (Å²) in [6, 6.07) is 2.51. The zero-order valence-electron chi connectivity index (χ0n) is 12.4. The molecule has 2 amide bonds. The maximum Gasteiger partial charge on any atom is 0.321 e. The van der Waals surface area contributed by atoms with Gasteiger partial charge in [-0.05, 0) is 46.2 Å². The Labute approximate surface area is 118 Å². The Balaban J connectivity index is 2.73. The van der Waals surface area contributed by atoms with Gasteiger partial charge in [-0.1, -0.05) is 6.07 Å². The van der Waals surface area contributed by atoms with E-state index in [2.05, 4.69) is 16.0 Å². The van der Waals surface area contributed by atoms with Crippen molar-refractivity contribution in [2.24, 2.45) is 0 Å². The summed E-state index contributed by atoms with van der Waals surface area (Å²) < 4.78 is 13.5. The summed E-state index contributed by atoms with van der Waals surface area (Å²) in [5.41, 5.74) is 1.31. The molecule has 0 atom stereocenters. The summed E-state index contributed by atoms with van der Waals surface area (Å²) >= 11 is 0. The van der Waals surface area contributed by atoms with Crippen molar-refractivity contribution in [1.82, 2.24) is 10.6 Å². The molecular weight excluding hydrogens is 259 g/mol. The van der Waals surface area contributed by atoms with Gasteiger partial charge >= 0.3 is 6.03 Å². The smallest absolute Gasteiger partial charge is 0.321 e. The molecule has 1 aromatic carbocycles. The van der Waals surface area contributed by atoms with Gasteiger partial charge in [0, 0.05) is 16.8 Å². The zero-order chi connectivity index (χ0) is 15.5. The molecule has 0 saturated heterocycles. The SMILES string of the molecule is Cc1ccc(F)c(C)c1NC(=N)NC(=O)NC(C)(C)C. The third kappa shape index (κ3) is 4.53. The minimum atomic E-state index is -0.485. The molecule has 0 saturated carbocycles. The first-order valence-corrected chi connectivity index (χ1v) is 6.30. The molecule has 0 aromatic heterocycles. The quantitative estimate of drug-likeness (QED) is 0.471. The number of anilines is 1. The molecule has 0 spiro atoms. The van der Waals surface area contributed by atoms with Crippen molar-refractivity contribution in [3.63, 3.8) is 0 Å². The number of halogens is 1. The van der Waals surface area contributed by atoms with Crippen molar-refractivity contribution in [2.75, 3.05) is 5.32 Å². The van der Waals surface area contributed by atoms with E-state index in [1.54, 1.807) is 19.9 Å². The molecule has 0 fully saturated rings. The van der Waals surface area contributed by atoms with Gasteiger partial charge < -0.3 is 10.6 Å². The van der Waals surface area contributed by atoms with Crippen molar-refractivity contribution >= 4 is 17.7 Å².